The average Bonchev–Trinajstić information content (AvgIpc) is 2.96. The van der Waals surface area contributed by atoms with Crippen LogP contribution in [-0.2, 0) is 4.79 Å². The molecule has 2 aromatic carbocycles. The van der Waals surface area contributed by atoms with Gasteiger partial charge in [-0.05, 0) is 54.2 Å². The first kappa shape index (κ1) is 20.7. The van der Waals surface area contributed by atoms with Gasteiger partial charge in [-0.3, -0.25) is 15.0 Å². The van der Waals surface area contributed by atoms with E-state index in [1.54, 1.807) is 24.3 Å². The van der Waals surface area contributed by atoms with Gasteiger partial charge in [0.25, 0.3) is 11.8 Å². The number of benzene rings is 2. The van der Waals surface area contributed by atoms with Crippen LogP contribution in [0.4, 0.5) is 8.78 Å². The predicted octanol–water partition coefficient (Wildman–Crippen LogP) is 3.84. The van der Waals surface area contributed by atoms with Crippen LogP contribution in [0.25, 0.3) is 6.08 Å². The van der Waals surface area contributed by atoms with Crippen LogP contribution in [0.1, 0.15) is 15.9 Å². The molecule has 29 heavy (non-hydrogen) atoms. The number of thioether (sulfide) groups is 1. The lowest BCUT2D eigenvalue weighted by Crippen LogP contribution is -2.44. The molecule has 1 aliphatic heterocycles. The number of rotatable bonds is 6. The first-order valence-corrected chi connectivity index (χ1v) is 9.37. The number of methoxy groups -OCH3 is 1. The predicted molar refractivity (Wildman–Crippen MR) is 109 cm³/mol. The maximum Gasteiger partial charge on any atom is 0.387 e. The Labute approximate surface area is 174 Å². The van der Waals surface area contributed by atoms with Gasteiger partial charge < -0.3 is 9.47 Å². The number of carbonyl (C=O) groups excluding carboxylic acids is 2. The smallest absolute Gasteiger partial charge is 0.387 e. The normalized spacial score (nSPS) is 15.2. The van der Waals surface area contributed by atoms with E-state index in [1.165, 1.54) is 37.4 Å². The lowest BCUT2D eigenvalue weighted by Gasteiger charge is -2.15. The van der Waals surface area contributed by atoms with Gasteiger partial charge >= 0.3 is 6.61 Å². The number of hydrazine groups is 1. The third-order valence-electron chi connectivity index (χ3n) is 3.74. The molecular formula is C19H14F2N2O4S2. The summed E-state index contributed by atoms with van der Waals surface area (Å²) >= 11 is 6.20. The Morgan fingerprint density at radius 3 is 2.59 bits per heavy atom. The molecule has 0 aliphatic carbocycles. The molecule has 0 unspecified atom stereocenters. The van der Waals surface area contributed by atoms with Gasteiger partial charge in [0.2, 0.25) is 0 Å². The molecule has 0 atom stereocenters. The maximum atomic E-state index is 12.6. The summed E-state index contributed by atoms with van der Waals surface area (Å²) in [5.74, 6) is -0.503. The van der Waals surface area contributed by atoms with Crippen molar-refractivity contribution >= 4 is 46.2 Å². The highest BCUT2D eigenvalue weighted by molar-refractivity contribution is 8.26. The molecule has 2 aromatic rings. The number of hydrogen-bond acceptors (Lipinski definition) is 6. The molecule has 1 N–H and O–H groups in total. The van der Waals surface area contributed by atoms with Gasteiger partial charge in [0.15, 0.2) is 4.32 Å². The van der Waals surface area contributed by atoms with Crippen molar-refractivity contribution in [2.24, 2.45) is 0 Å². The molecule has 6 nitrogen and oxygen atoms in total. The van der Waals surface area contributed by atoms with Gasteiger partial charge in [-0.2, -0.15) is 13.8 Å². The minimum Gasteiger partial charge on any atom is -0.497 e. The van der Waals surface area contributed by atoms with E-state index in [0.717, 1.165) is 16.8 Å². The van der Waals surface area contributed by atoms with Gasteiger partial charge in [-0.1, -0.05) is 30.0 Å². The highest BCUT2D eigenvalue weighted by Crippen LogP contribution is 2.32. The zero-order valence-electron chi connectivity index (χ0n) is 14.9. The number of nitrogens with zero attached hydrogens (tertiary/aromatic N) is 1. The molecule has 10 heteroatoms. The summed E-state index contributed by atoms with van der Waals surface area (Å²) in [5.41, 5.74) is 3.37. The second-order valence-corrected chi connectivity index (χ2v) is 7.31. The van der Waals surface area contributed by atoms with Crippen LogP contribution in [-0.4, -0.2) is 34.9 Å². The summed E-state index contributed by atoms with van der Waals surface area (Å²) in [6.45, 7) is -2.91. The summed E-state index contributed by atoms with van der Waals surface area (Å²) in [4.78, 5) is 25.3. The third kappa shape index (κ3) is 5.09. The zero-order valence-corrected chi connectivity index (χ0v) is 16.6. The van der Waals surface area contributed by atoms with Crippen molar-refractivity contribution < 1.29 is 27.8 Å². The molecule has 1 fully saturated rings. The largest absolute Gasteiger partial charge is 0.497 e. The molecule has 3 rings (SSSR count). The number of alkyl halides is 2. The molecule has 150 valence electrons. The van der Waals surface area contributed by atoms with Crippen molar-refractivity contribution in [1.29, 1.82) is 0 Å². The topological polar surface area (TPSA) is 67.9 Å². The number of hydrogen-bond donors (Lipinski definition) is 1. The van der Waals surface area contributed by atoms with Gasteiger partial charge in [-0.25, -0.2) is 0 Å². The summed E-state index contributed by atoms with van der Waals surface area (Å²) < 4.78 is 34.0. The molecule has 0 saturated carbocycles. The SMILES string of the molecule is COc1cccc(C(=O)NN2C(=O)/C(=C/c3ccc(OC(F)F)cc3)SC2=S)c1. The van der Waals surface area contributed by atoms with E-state index < -0.39 is 18.4 Å². The lowest BCUT2D eigenvalue weighted by molar-refractivity contribution is -0.123. The van der Waals surface area contributed by atoms with Crippen molar-refractivity contribution in [1.82, 2.24) is 10.4 Å². The van der Waals surface area contributed by atoms with Crippen molar-refractivity contribution in [3.05, 3.63) is 64.6 Å². The van der Waals surface area contributed by atoms with Crippen molar-refractivity contribution in [3.8, 4) is 11.5 Å². The van der Waals surface area contributed by atoms with Crippen LogP contribution in [0.15, 0.2) is 53.4 Å². The minimum absolute atomic E-state index is 0.00949. The van der Waals surface area contributed by atoms with Crippen LogP contribution in [0.2, 0.25) is 0 Å². The zero-order chi connectivity index (χ0) is 21.0. The van der Waals surface area contributed by atoms with Crippen molar-refractivity contribution in [2.75, 3.05) is 7.11 Å². The second kappa shape index (κ2) is 9.01. The minimum atomic E-state index is -2.91. The third-order valence-corrected chi connectivity index (χ3v) is 5.04. The summed E-state index contributed by atoms with van der Waals surface area (Å²) in [6.07, 6.45) is 1.54. The molecule has 0 radical (unpaired) electrons. The van der Waals surface area contributed by atoms with E-state index in [4.69, 9.17) is 17.0 Å². The first-order chi connectivity index (χ1) is 13.9. The first-order valence-electron chi connectivity index (χ1n) is 8.15. The van der Waals surface area contributed by atoms with Crippen LogP contribution < -0.4 is 14.9 Å². The number of ether oxygens (including phenoxy) is 2. The number of halogens is 2. The Bertz CT molecular complexity index is 980. The fourth-order valence-corrected chi connectivity index (χ4v) is 3.57. The van der Waals surface area contributed by atoms with Gasteiger partial charge in [0.1, 0.15) is 11.5 Å². The fraction of sp³-hybridized carbons (Fsp3) is 0.105. The van der Waals surface area contributed by atoms with Crippen molar-refractivity contribution in [2.45, 2.75) is 6.61 Å². The Kier molecular flexibility index (Phi) is 6.45. The monoisotopic (exact) mass is 436 g/mol. The van der Waals surface area contributed by atoms with E-state index in [0.29, 0.717) is 16.9 Å². The molecule has 2 amide bonds. The van der Waals surface area contributed by atoms with Crippen molar-refractivity contribution in [3.63, 3.8) is 0 Å². The van der Waals surface area contributed by atoms with Crippen LogP contribution in [0.3, 0.4) is 0 Å². The molecule has 0 bridgehead atoms. The number of nitrogens with one attached hydrogen (secondary N) is 1. The molecule has 0 spiro atoms. The number of carbonyl (C=O) groups is 2. The standard InChI is InChI=1S/C19H14F2N2O4S2/c1-26-14-4-2-3-12(10-14)16(24)22-23-17(25)15(29-19(23)28)9-11-5-7-13(8-6-11)27-18(20)21/h2-10,18H,1H3,(H,22,24)/b15-9-. The van der Waals surface area contributed by atoms with E-state index in [2.05, 4.69) is 10.2 Å². The highest BCUT2D eigenvalue weighted by Gasteiger charge is 2.33. The van der Waals surface area contributed by atoms with Gasteiger partial charge in [0, 0.05) is 5.56 Å². The van der Waals surface area contributed by atoms with E-state index >= 15 is 0 Å². The summed E-state index contributed by atoms with van der Waals surface area (Å²) in [5, 5.41) is 0.988. The average molecular weight is 436 g/mol. The number of amides is 2. The van der Waals surface area contributed by atoms with E-state index in [9.17, 15) is 18.4 Å². The van der Waals surface area contributed by atoms with Gasteiger partial charge in [0.05, 0.1) is 12.0 Å². The Morgan fingerprint density at radius 2 is 1.93 bits per heavy atom. The Balaban J connectivity index is 1.72. The van der Waals surface area contributed by atoms with E-state index in [1.807, 2.05) is 0 Å². The Morgan fingerprint density at radius 1 is 1.21 bits per heavy atom. The summed E-state index contributed by atoms with van der Waals surface area (Å²) in [7, 11) is 1.48. The van der Waals surface area contributed by atoms with E-state index in [-0.39, 0.29) is 15.0 Å². The second-order valence-electron chi connectivity index (χ2n) is 5.64. The fourth-order valence-electron chi connectivity index (χ4n) is 2.39. The Hall–Kier alpha value is -2.98. The van der Waals surface area contributed by atoms with Crippen LogP contribution in [0, 0.1) is 0 Å². The molecule has 0 aromatic heterocycles. The molecule has 1 aliphatic rings. The van der Waals surface area contributed by atoms with Crippen LogP contribution >= 0.6 is 24.0 Å². The molecular weight excluding hydrogens is 422 g/mol. The maximum absolute atomic E-state index is 12.6. The summed E-state index contributed by atoms with van der Waals surface area (Å²) in [6, 6.07) is 12.2. The molecule has 1 saturated heterocycles. The molecule has 1 heterocycles. The van der Waals surface area contributed by atoms with Gasteiger partial charge in [-0.15, -0.1) is 0 Å². The van der Waals surface area contributed by atoms with Crippen LogP contribution in [0.5, 0.6) is 11.5 Å². The lowest BCUT2D eigenvalue weighted by atomic mass is 10.2. The quantitative estimate of drug-likeness (QED) is 0.548. The number of thiocarbonyl (C=S) groups is 1. The highest BCUT2D eigenvalue weighted by atomic mass is 32.2.